The summed E-state index contributed by atoms with van der Waals surface area (Å²) in [5, 5.41) is 7.10. The van der Waals surface area contributed by atoms with E-state index in [0.29, 0.717) is 0 Å². The van der Waals surface area contributed by atoms with Gasteiger partial charge in [0.25, 0.3) is 0 Å². The van der Waals surface area contributed by atoms with Crippen LogP contribution in [0.3, 0.4) is 0 Å². The number of aryl methyl sites for hydroxylation is 1. The van der Waals surface area contributed by atoms with E-state index < -0.39 is 0 Å². The number of H-pyrrole nitrogens is 1. The zero-order valence-corrected chi connectivity index (χ0v) is 10.6. The second kappa shape index (κ2) is 3.72. The van der Waals surface area contributed by atoms with Crippen LogP contribution < -0.4 is 0 Å². The van der Waals surface area contributed by atoms with Gasteiger partial charge in [0.2, 0.25) is 0 Å². The van der Waals surface area contributed by atoms with Crippen molar-refractivity contribution in [3.63, 3.8) is 0 Å². The summed E-state index contributed by atoms with van der Waals surface area (Å²) in [4.78, 5) is 3.47. The third kappa shape index (κ3) is 1.41. The lowest BCUT2D eigenvalue weighted by molar-refractivity contribution is 0.879. The van der Waals surface area contributed by atoms with Gasteiger partial charge in [-0.3, -0.25) is 0 Å². The van der Waals surface area contributed by atoms with Crippen molar-refractivity contribution in [3.05, 3.63) is 60.3 Å². The van der Waals surface area contributed by atoms with Crippen LogP contribution in [0.15, 0.2) is 54.6 Å². The number of aromatic amines is 1. The van der Waals surface area contributed by atoms with Crippen LogP contribution in [0, 0.1) is 6.92 Å². The fraction of sp³-hybridized carbons (Fsp3) is 0.0625. The highest BCUT2D eigenvalue weighted by atomic mass is 15.3. The Bertz CT molecular complexity index is 869. The van der Waals surface area contributed by atoms with Gasteiger partial charge in [-0.25, -0.2) is 4.68 Å². The second-order valence-corrected chi connectivity index (χ2v) is 4.73. The Hall–Kier alpha value is -2.55. The molecule has 4 aromatic rings. The quantitative estimate of drug-likeness (QED) is 0.545. The van der Waals surface area contributed by atoms with Crippen molar-refractivity contribution >= 4 is 21.9 Å². The largest absolute Gasteiger partial charge is 0.339 e. The van der Waals surface area contributed by atoms with Crippen LogP contribution in [0.5, 0.6) is 0 Å². The number of hydrogen-bond donors (Lipinski definition) is 1. The van der Waals surface area contributed by atoms with Crippen molar-refractivity contribution in [2.75, 3.05) is 0 Å². The molecule has 2 heterocycles. The highest BCUT2D eigenvalue weighted by Gasteiger charge is 2.14. The van der Waals surface area contributed by atoms with Crippen LogP contribution in [0.1, 0.15) is 5.69 Å². The summed E-state index contributed by atoms with van der Waals surface area (Å²) in [6.07, 6.45) is 0. The van der Waals surface area contributed by atoms with E-state index in [-0.39, 0.29) is 0 Å². The van der Waals surface area contributed by atoms with E-state index in [0.717, 1.165) is 22.5 Å². The molecule has 0 saturated carbocycles. The lowest BCUT2D eigenvalue weighted by Gasteiger charge is -2.00. The summed E-state index contributed by atoms with van der Waals surface area (Å²) in [6.45, 7) is 2.06. The van der Waals surface area contributed by atoms with Crippen LogP contribution in [0.4, 0.5) is 0 Å². The first-order valence-corrected chi connectivity index (χ1v) is 6.36. The maximum Gasteiger partial charge on any atom is 0.142 e. The van der Waals surface area contributed by atoms with Crippen LogP contribution in [-0.4, -0.2) is 14.8 Å². The molecule has 3 heteroatoms. The average molecular weight is 247 g/mol. The molecule has 0 unspecified atom stereocenters. The number of para-hydroxylation sites is 2. The molecular weight excluding hydrogens is 234 g/mol. The summed E-state index contributed by atoms with van der Waals surface area (Å²) >= 11 is 0. The average Bonchev–Trinajstić information content (AvgIpc) is 2.98. The Morgan fingerprint density at radius 3 is 2.53 bits per heavy atom. The van der Waals surface area contributed by atoms with Crippen molar-refractivity contribution in [2.45, 2.75) is 6.92 Å². The van der Waals surface area contributed by atoms with E-state index in [1.54, 1.807) is 0 Å². The molecule has 0 amide bonds. The molecule has 0 spiro atoms. The lowest BCUT2D eigenvalue weighted by Crippen LogP contribution is -1.96. The molecule has 2 aromatic heterocycles. The third-order valence-corrected chi connectivity index (χ3v) is 3.51. The van der Waals surface area contributed by atoms with E-state index >= 15 is 0 Å². The standard InChI is InChI=1S/C16H13N3/c1-11-15-13-9-5-6-10-14(13)17-16(15)19(18-11)12-7-3-2-4-8-12/h2-10,17H,1H3. The monoisotopic (exact) mass is 247 g/mol. The first-order valence-electron chi connectivity index (χ1n) is 6.36. The minimum atomic E-state index is 1.05. The lowest BCUT2D eigenvalue weighted by atomic mass is 10.2. The summed E-state index contributed by atoms with van der Waals surface area (Å²) < 4.78 is 1.98. The van der Waals surface area contributed by atoms with E-state index in [9.17, 15) is 0 Å². The van der Waals surface area contributed by atoms with E-state index in [4.69, 9.17) is 0 Å². The van der Waals surface area contributed by atoms with Crippen molar-refractivity contribution in [2.24, 2.45) is 0 Å². The van der Waals surface area contributed by atoms with E-state index in [2.05, 4.69) is 47.3 Å². The van der Waals surface area contributed by atoms with Gasteiger partial charge in [-0.1, -0.05) is 36.4 Å². The number of benzene rings is 2. The third-order valence-electron chi connectivity index (χ3n) is 3.51. The van der Waals surface area contributed by atoms with Crippen LogP contribution in [0.2, 0.25) is 0 Å². The molecule has 92 valence electrons. The van der Waals surface area contributed by atoms with Crippen LogP contribution in [0.25, 0.3) is 27.6 Å². The fourth-order valence-electron chi connectivity index (χ4n) is 2.66. The smallest absolute Gasteiger partial charge is 0.142 e. The van der Waals surface area contributed by atoms with Gasteiger partial charge in [0.15, 0.2) is 0 Å². The SMILES string of the molecule is Cc1nn(-c2ccccc2)c2[nH]c3ccccc3c12. The highest BCUT2D eigenvalue weighted by molar-refractivity contribution is 6.07. The number of hydrogen-bond acceptors (Lipinski definition) is 1. The predicted octanol–water partition coefficient (Wildman–Crippen LogP) is 3.82. The van der Waals surface area contributed by atoms with E-state index in [1.165, 1.54) is 10.8 Å². The topological polar surface area (TPSA) is 33.6 Å². The molecule has 0 aliphatic rings. The Balaban J connectivity index is 2.13. The Morgan fingerprint density at radius 1 is 0.947 bits per heavy atom. The summed E-state index contributed by atoms with van der Waals surface area (Å²) in [6, 6.07) is 18.6. The van der Waals surface area contributed by atoms with E-state index in [1.807, 2.05) is 28.9 Å². The van der Waals surface area contributed by atoms with Gasteiger partial charge >= 0.3 is 0 Å². The molecular formula is C16H13N3. The highest BCUT2D eigenvalue weighted by Crippen LogP contribution is 2.29. The molecule has 3 nitrogen and oxygen atoms in total. The van der Waals surface area contributed by atoms with Crippen molar-refractivity contribution in [3.8, 4) is 5.69 Å². The Kier molecular flexibility index (Phi) is 2.03. The molecule has 19 heavy (non-hydrogen) atoms. The minimum Gasteiger partial charge on any atom is -0.339 e. The Morgan fingerprint density at radius 2 is 1.68 bits per heavy atom. The summed E-state index contributed by atoms with van der Waals surface area (Å²) in [7, 11) is 0. The summed E-state index contributed by atoms with van der Waals surface area (Å²) in [5.74, 6) is 0. The van der Waals surface area contributed by atoms with Gasteiger partial charge in [0, 0.05) is 16.3 Å². The first kappa shape index (κ1) is 10.4. The molecule has 0 aliphatic carbocycles. The van der Waals surface area contributed by atoms with Gasteiger partial charge in [0.1, 0.15) is 5.65 Å². The maximum atomic E-state index is 4.66. The van der Waals surface area contributed by atoms with Gasteiger partial charge in [-0.05, 0) is 25.1 Å². The first-order chi connectivity index (χ1) is 9.34. The number of fused-ring (bicyclic) bond motifs is 3. The molecule has 4 rings (SSSR count). The van der Waals surface area contributed by atoms with Gasteiger partial charge in [0.05, 0.1) is 11.4 Å². The molecule has 0 aliphatic heterocycles. The van der Waals surface area contributed by atoms with Crippen LogP contribution >= 0.6 is 0 Å². The van der Waals surface area contributed by atoms with Gasteiger partial charge in [-0.2, -0.15) is 5.10 Å². The number of aromatic nitrogens is 3. The van der Waals surface area contributed by atoms with Crippen molar-refractivity contribution < 1.29 is 0 Å². The molecule has 0 radical (unpaired) electrons. The second-order valence-electron chi connectivity index (χ2n) is 4.73. The van der Waals surface area contributed by atoms with Crippen molar-refractivity contribution in [1.29, 1.82) is 0 Å². The van der Waals surface area contributed by atoms with Crippen LogP contribution in [-0.2, 0) is 0 Å². The predicted molar refractivity (Wildman–Crippen MR) is 77.7 cm³/mol. The molecule has 0 bridgehead atoms. The summed E-state index contributed by atoms with van der Waals surface area (Å²) in [5.41, 5.74) is 4.34. The molecule has 1 N–H and O–H groups in total. The zero-order valence-electron chi connectivity index (χ0n) is 10.6. The molecule has 2 aromatic carbocycles. The molecule has 0 atom stereocenters. The number of rotatable bonds is 1. The minimum absolute atomic E-state index is 1.05. The normalized spacial score (nSPS) is 11.4. The van der Waals surface area contributed by atoms with Gasteiger partial charge < -0.3 is 4.98 Å². The molecule has 0 saturated heterocycles. The number of nitrogens with zero attached hydrogens (tertiary/aromatic N) is 2. The fourth-order valence-corrected chi connectivity index (χ4v) is 2.66. The van der Waals surface area contributed by atoms with Crippen molar-refractivity contribution in [1.82, 2.24) is 14.8 Å². The zero-order chi connectivity index (χ0) is 12.8. The van der Waals surface area contributed by atoms with Gasteiger partial charge in [-0.15, -0.1) is 0 Å². The maximum absolute atomic E-state index is 4.66. The molecule has 0 fully saturated rings. The number of nitrogens with one attached hydrogen (secondary N) is 1. The Labute approximate surface area is 110 Å².